The monoisotopic (exact) mass is 321 g/mol. The summed E-state index contributed by atoms with van der Waals surface area (Å²) < 4.78 is 0. The van der Waals surface area contributed by atoms with Gasteiger partial charge in [0.25, 0.3) is 0 Å². The summed E-state index contributed by atoms with van der Waals surface area (Å²) in [6, 6.07) is 17.3. The summed E-state index contributed by atoms with van der Waals surface area (Å²) in [5.41, 5.74) is 3.50. The van der Waals surface area contributed by atoms with Crippen LogP contribution in [0.4, 0.5) is 5.69 Å². The molecular weight excluding hydrogens is 298 g/mol. The molecule has 0 bridgehead atoms. The molecule has 0 aliphatic heterocycles. The van der Waals surface area contributed by atoms with E-state index in [-0.39, 0.29) is 11.9 Å². The largest absolute Gasteiger partial charge is 0.324 e. The number of aryl methyl sites for hydroxylation is 1. The van der Waals surface area contributed by atoms with Crippen LogP contribution in [0.5, 0.6) is 0 Å². The highest BCUT2D eigenvalue weighted by Crippen LogP contribution is 2.15. The van der Waals surface area contributed by atoms with Crippen molar-refractivity contribution in [2.45, 2.75) is 32.9 Å². The second-order valence-electron chi connectivity index (χ2n) is 5.91. The van der Waals surface area contributed by atoms with Gasteiger partial charge in [-0.1, -0.05) is 43.3 Å². The van der Waals surface area contributed by atoms with Gasteiger partial charge in [0.2, 0.25) is 5.91 Å². The van der Waals surface area contributed by atoms with E-state index in [1.165, 1.54) is 11.1 Å². The van der Waals surface area contributed by atoms with Gasteiger partial charge in [-0.3, -0.25) is 9.69 Å². The first kappa shape index (κ1) is 17.7. The van der Waals surface area contributed by atoms with Crippen LogP contribution >= 0.6 is 0 Å². The van der Waals surface area contributed by atoms with Gasteiger partial charge < -0.3 is 5.32 Å². The molecule has 4 heteroatoms. The van der Waals surface area contributed by atoms with Gasteiger partial charge >= 0.3 is 0 Å². The lowest BCUT2D eigenvalue weighted by molar-refractivity contribution is -0.120. The summed E-state index contributed by atoms with van der Waals surface area (Å²) in [5, 5.41) is 11.9. The number of carbonyl (C=O) groups excluding carboxylic acids is 1. The van der Waals surface area contributed by atoms with Gasteiger partial charge in [-0.15, -0.1) is 0 Å². The van der Waals surface area contributed by atoms with Crippen molar-refractivity contribution in [1.29, 1.82) is 5.26 Å². The van der Waals surface area contributed by atoms with Crippen LogP contribution in [0.3, 0.4) is 0 Å². The lowest BCUT2D eigenvalue weighted by Crippen LogP contribution is -2.39. The molecule has 0 unspecified atom stereocenters. The van der Waals surface area contributed by atoms with Gasteiger partial charge in [-0.25, -0.2) is 0 Å². The highest BCUT2D eigenvalue weighted by atomic mass is 16.2. The summed E-state index contributed by atoms with van der Waals surface area (Å²) in [6.07, 6.45) is 1.02. The molecule has 0 saturated heterocycles. The van der Waals surface area contributed by atoms with E-state index in [1.807, 2.05) is 18.9 Å². The number of para-hydroxylation sites is 1. The van der Waals surface area contributed by atoms with Gasteiger partial charge in [-0.05, 0) is 43.7 Å². The van der Waals surface area contributed by atoms with E-state index in [9.17, 15) is 4.79 Å². The fourth-order valence-electron chi connectivity index (χ4n) is 2.43. The first-order valence-corrected chi connectivity index (χ1v) is 8.13. The molecule has 0 heterocycles. The summed E-state index contributed by atoms with van der Waals surface area (Å²) in [6.45, 7) is 4.69. The van der Waals surface area contributed by atoms with E-state index in [0.717, 1.165) is 6.42 Å². The number of rotatable bonds is 6. The van der Waals surface area contributed by atoms with E-state index in [4.69, 9.17) is 5.26 Å². The Morgan fingerprint density at radius 1 is 1.17 bits per heavy atom. The predicted molar refractivity (Wildman–Crippen MR) is 96.5 cm³/mol. The van der Waals surface area contributed by atoms with E-state index < -0.39 is 0 Å². The van der Waals surface area contributed by atoms with Gasteiger partial charge in [-0.2, -0.15) is 5.26 Å². The molecular formula is C20H23N3O. The topological polar surface area (TPSA) is 56.1 Å². The molecule has 1 atom stereocenters. The Morgan fingerprint density at radius 3 is 2.42 bits per heavy atom. The van der Waals surface area contributed by atoms with Gasteiger partial charge in [0.05, 0.1) is 17.3 Å². The number of anilines is 1. The molecule has 0 aliphatic rings. The SMILES string of the molecule is CCc1ccc(CN(C)[C@@H](C)C(=O)Nc2ccccc2C#N)cc1. The zero-order valence-corrected chi connectivity index (χ0v) is 14.4. The molecule has 124 valence electrons. The summed E-state index contributed by atoms with van der Waals surface area (Å²) in [5.74, 6) is -0.120. The quantitative estimate of drug-likeness (QED) is 0.885. The van der Waals surface area contributed by atoms with Crippen LogP contribution in [0, 0.1) is 11.3 Å². The number of carbonyl (C=O) groups is 1. The average molecular weight is 321 g/mol. The number of nitriles is 1. The van der Waals surface area contributed by atoms with Gasteiger partial charge in [0, 0.05) is 6.54 Å². The Labute approximate surface area is 143 Å². The third-order valence-corrected chi connectivity index (χ3v) is 4.21. The molecule has 0 fully saturated rings. The van der Waals surface area contributed by atoms with Crippen LogP contribution in [0.25, 0.3) is 0 Å². The normalized spacial score (nSPS) is 11.8. The lowest BCUT2D eigenvalue weighted by atomic mass is 10.1. The Balaban J connectivity index is 2.00. The maximum Gasteiger partial charge on any atom is 0.241 e. The molecule has 0 aliphatic carbocycles. The predicted octanol–water partition coefficient (Wildman–Crippen LogP) is 3.58. The summed E-state index contributed by atoms with van der Waals surface area (Å²) in [4.78, 5) is 14.4. The van der Waals surface area contributed by atoms with Crippen molar-refractivity contribution in [2.75, 3.05) is 12.4 Å². The van der Waals surface area contributed by atoms with E-state index >= 15 is 0 Å². The molecule has 4 nitrogen and oxygen atoms in total. The Bertz CT molecular complexity index is 731. The molecule has 2 rings (SSSR count). The highest BCUT2D eigenvalue weighted by molar-refractivity contribution is 5.95. The van der Waals surface area contributed by atoms with Crippen molar-refractivity contribution < 1.29 is 4.79 Å². The second kappa shape index (κ2) is 8.28. The molecule has 2 aromatic carbocycles. The first-order chi connectivity index (χ1) is 11.5. The standard InChI is InChI=1S/C20H23N3O/c1-4-16-9-11-17(12-10-16)14-23(3)15(2)20(24)22-19-8-6-5-7-18(19)13-21/h5-12,15H,4,14H2,1-3H3,(H,22,24)/t15-/m0/s1. The van der Waals surface area contributed by atoms with Crippen molar-refractivity contribution in [3.05, 3.63) is 65.2 Å². The second-order valence-corrected chi connectivity index (χ2v) is 5.91. The molecule has 0 spiro atoms. The van der Waals surface area contributed by atoms with Crippen LogP contribution in [0.15, 0.2) is 48.5 Å². The van der Waals surface area contributed by atoms with Gasteiger partial charge in [0.1, 0.15) is 6.07 Å². The number of nitrogens with one attached hydrogen (secondary N) is 1. The van der Waals surface area contributed by atoms with Crippen LogP contribution in [-0.2, 0) is 17.8 Å². The summed E-state index contributed by atoms with van der Waals surface area (Å²) >= 11 is 0. The maximum absolute atomic E-state index is 12.5. The first-order valence-electron chi connectivity index (χ1n) is 8.13. The molecule has 0 aromatic heterocycles. The Hall–Kier alpha value is -2.64. The number of amides is 1. The minimum atomic E-state index is -0.303. The van der Waals surface area contributed by atoms with Crippen LogP contribution in [0.2, 0.25) is 0 Å². The highest BCUT2D eigenvalue weighted by Gasteiger charge is 2.19. The fourth-order valence-corrected chi connectivity index (χ4v) is 2.43. The Kier molecular flexibility index (Phi) is 6.11. The van der Waals surface area contributed by atoms with Crippen molar-refractivity contribution in [3.63, 3.8) is 0 Å². The van der Waals surface area contributed by atoms with Gasteiger partial charge in [0.15, 0.2) is 0 Å². The van der Waals surface area contributed by atoms with E-state index in [0.29, 0.717) is 17.8 Å². The van der Waals surface area contributed by atoms with Crippen LogP contribution in [0.1, 0.15) is 30.5 Å². The maximum atomic E-state index is 12.5. The number of likely N-dealkylation sites (N-methyl/N-ethyl adjacent to an activating group) is 1. The molecule has 1 amide bonds. The zero-order chi connectivity index (χ0) is 17.5. The zero-order valence-electron chi connectivity index (χ0n) is 14.4. The van der Waals surface area contributed by atoms with E-state index in [2.05, 4.69) is 42.6 Å². The number of nitrogens with zero attached hydrogens (tertiary/aromatic N) is 2. The molecule has 0 radical (unpaired) electrons. The fraction of sp³-hybridized carbons (Fsp3) is 0.300. The molecule has 1 N–H and O–H groups in total. The molecule has 24 heavy (non-hydrogen) atoms. The van der Waals surface area contributed by atoms with E-state index in [1.54, 1.807) is 24.3 Å². The van der Waals surface area contributed by atoms with Crippen molar-refractivity contribution in [3.8, 4) is 6.07 Å². The number of benzene rings is 2. The lowest BCUT2D eigenvalue weighted by Gasteiger charge is -2.24. The minimum Gasteiger partial charge on any atom is -0.324 e. The van der Waals surface area contributed by atoms with Crippen molar-refractivity contribution in [1.82, 2.24) is 4.90 Å². The third kappa shape index (κ3) is 4.43. The smallest absolute Gasteiger partial charge is 0.241 e. The number of hydrogen-bond donors (Lipinski definition) is 1. The Morgan fingerprint density at radius 2 is 1.79 bits per heavy atom. The van der Waals surface area contributed by atoms with Crippen LogP contribution < -0.4 is 5.32 Å². The van der Waals surface area contributed by atoms with Crippen molar-refractivity contribution >= 4 is 11.6 Å². The van der Waals surface area contributed by atoms with Crippen molar-refractivity contribution in [2.24, 2.45) is 0 Å². The average Bonchev–Trinajstić information content (AvgIpc) is 2.62. The minimum absolute atomic E-state index is 0.120. The molecule has 0 saturated carbocycles. The third-order valence-electron chi connectivity index (χ3n) is 4.21. The molecule has 2 aromatic rings. The number of hydrogen-bond acceptors (Lipinski definition) is 3. The summed E-state index contributed by atoms with van der Waals surface area (Å²) in [7, 11) is 1.92. The van der Waals surface area contributed by atoms with Crippen LogP contribution in [-0.4, -0.2) is 23.9 Å².